The van der Waals surface area contributed by atoms with Crippen molar-refractivity contribution in [2.45, 2.75) is 6.92 Å². The fraction of sp³-hybridized carbons (Fsp3) is 0.143. The van der Waals surface area contributed by atoms with Gasteiger partial charge in [-0.05, 0) is 36.8 Å². The van der Waals surface area contributed by atoms with Gasteiger partial charge < -0.3 is 15.6 Å². The minimum atomic E-state index is -0.318. The van der Waals surface area contributed by atoms with Gasteiger partial charge in [-0.15, -0.1) is 0 Å². The van der Waals surface area contributed by atoms with Crippen molar-refractivity contribution in [1.82, 2.24) is 4.57 Å². The molecule has 0 atom stereocenters. The van der Waals surface area contributed by atoms with Crippen molar-refractivity contribution in [3.05, 3.63) is 58.0 Å². The van der Waals surface area contributed by atoms with Crippen LogP contribution in [0.4, 0.5) is 11.4 Å². The Bertz CT molecular complexity index is 689. The number of nitrogens with one attached hydrogen (secondary N) is 1. The number of carbonyl (C=O) groups is 1. The standard InChI is InChI=1S/C14H15N3O2/c1-9-7-11(3-4-12(9)15)16-14(19)10-5-6-17(2)13(18)8-10/h3-8H,15H2,1-2H3,(H,16,19). The zero-order chi connectivity index (χ0) is 14.0. The first-order chi connectivity index (χ1) is 8.97. The maximum atomic E-state index is 12.0. The molecular formula is C14H15N3O2. The molecule has 98 valence electrons. The molecule has 1 aromatic carbocycles. The molecule has 1 heterocycles. The average Bonchev–Trinajstić information content (AvgIpc) is 2.37. The molecule has 1 aromatic heterocycles. The van der Waals surface area contributed by atoms with Gasteiger partial charge in [0.2, 0.25) is 0 Å². The molecule has 0 bridgehead atoms. The van der Waals surface area contributed by atoms with Crippen molar-refractivity contribution in [1.29, 1.82) is 0 Å². The maximum Gasteiger partial charge on any atom is 0.255 e. The molecule has 0 aliphatic carbocycles. The molecule has 0 aliphatic rings. The van der Waals surface area contributed by atoms with Crippen molar-refractivity contribution < 1.29 is 4.79 Å². The van der Waals surface area contributed by atoms with Gasteiger partial charge in [0.15, 0.2) is 0 Å². The highest BCUT2D eigenvalue weighted by atomic mass is 16.2. The quantitative estimate of drug-likeness (QED) is 0.801. The molecule has 0 saturated heterocycles. The van der Waals surface area contributed by atoms with E-state index in [2.05, 4.69) is 5.32 Å². The Hall–Kier alpha value is -2.56. The Morgan fingerprint density at radius 3 is 2.63 bits per heavy atom. The van der Waals surface area contributed by atoms with Crippen molar-refractivity contribution >= 4 is 17.3 Å². The number of amides is 1. The Labute approximate surface area is 110 Å². The van der Waals surface area contributed by atoms with E-state index < -0.39 is 0 Å². The van der Waals surface area contributed by atoms with Crippen molar-refractivity contribution in [2.75, 3.05) is 11.1 Å². The number of aromatic nitrogens is 1. The van der Waals surface area contributed by atoms with E-state index >= 15 is 0 Å². The number of hydrogen-bond donors (Lipinski definition) is 2. The molecule has 3 N–H and O–H groups in total. The van der Waals surface area contributed by atoms with Gasteiger partial charge in [0, 0.05) is 36.2 Å². The second-order valence-electron chi connectivity index (χ2n) is 4.39. The van der Waals surface area contributed by atoms with Gasteiger partial charge in [-0.2, -0.15) is 0 Å². The molecule has 0 fully saturated rings. The van der Waals surface area contributed by atoms with Gasteiger partial charge >= 0.3 is 0 Å². The van der Waals surface area contributed by atoms with Crippen LogP contribution >= 0.6 is 0 Å². The molecule has 2 rings (SSSR count). The summed E-state index contributed by atoms with van der Waals surface area (Å²) in [6.45, 7) is 1.86. The first kappa shape index (κ1) is 12.9. The first-order valence-electron chi connectivity index (χ1n) is 5.81. The van der Waals surface area contributed by atoms with Crippen molar-refractivity contribution in [3.63, 3.8) is 0 Å². The lowest BCUT2D eigenvalue weighted by Gasteiger charge is -2.07. The normalized spacial score (nSPS) is 10.2. The summed E-state index contributed by atoms with van der Waals surface area (Å²) >= 11 is 0. The molecule has 19 heavy (non-hydrogen) atoms. The molecule has 2 aromatic rings. The van der Waals surface area contributed by atoms with Crippen LogP contribution in [-0.4, -0.2) is 10.5 Å². The number of rotatable bonds is 2. The van der Waals surface area contributed by atoms with E-state index in [1.54, 1.807) is 37.5 Å². The van der Waals surface area contributed by atoms with Gasteiger partial charge in [0.05, 0.1) is 0 Å². The van der Waals surface area contributed by atoms with E-state index in [0.717, 1.165) is 5.56 Å². The number of nitrogen functional groups attached to an aromatic ring is 1. The fourth-order valence-corrected chi connectivity index (χ4v) is 1.65. The SMILES string of the molecule is Cc1cc(NC(=O)c2ccn(C)c(=O)c2)ccc1N. The predicted molar refractivity (Wildman–Crippen MR) is 75.2 cm³/mol. The smallest absolute Gasteiger partial charge is 0.255 e. The van der Waals surface area contributed by atoms with Crippen LogP contribution in [0.1, 0.15) is 15.9 Å². The van der Waals surface area contributed by atoms with Crippen LogP contribution in [0.5, 0.6) is 0 Å². The molecule has 5 nitrogen and oxygen atoms in total. The zero-order valence-corrected chi connectivity index (χ0v) is 10.8. The molecule has 0 aliphatic heterocycles. The van der Waals surface area contributed by atoms with E-state index in [9.17, 15) is 9.59 Å². The highest BCUT2D eigenvalue weighted by Crippen LogP contribution is 2.17. The van der Waals surface area contributed by atoms with Crippen molar-refractivity contribution in [3.8, 4) is 0 Å². The molecule has 5 heteroatoms. The van der Waals surface area contributed by atoms with Crippen LogP contribution in [0.15, 0.2) is 41.3 Å². The van der Waals surface area contributed by atoms with Crippen LogP contribution in [-0.2, 0) is 7.05 Å². The summed E-state index contributed by atoms with van der Waals surface area (Å²) in [5.41, 5.74) is 8.03. The second kappa shape index (κ2) is 4.97. The largest absolute Gasteiger partial charge is 0.399 e. The molecular weight excluding hydrogens is 242 g/mol. The number of hydrogen-bond acceptors (Lipinski definition) is 3. The summed E-state index contributed by atoms with van der Waals surface area (Å²) in [4.78, 5) is 23.4. The number of anilines is 2. The van der Waals surface area contributed by atoms with Crippen LogP contribution in [0.2, 0.25) is 0 Å². The third kappa shape index (κ3) is 2.82. The van der Waals surface area contributed by atoms with Gasteiger partial charge in [0.1, 0.15) is 0 Å². The number of nitrogens with two attached hydrogens (primary N) is 1. The van der Waals surface area contributed by atoms with Crippen LogP contribution < -0.4 is 16.6 Å². The Morgan fingerprint density at radius 2 is 2.00 bits per heavy atom. The summed E-state index contributed by atoms with van der Waals surface area (Å²) in [7, 11) is 1.63. The highest BCUT2D eigenvalue weighted by molar-refractivity contribution is 6.04. The second-order valence-corrected chi connectivity index (χ2v) is 4.39. The van der Waals surface area contributed by atoms with Gasteiger partial charge in [-0.1, -0.05) is 0 Å². The summed E-state index contributed by atoms with van der Waals surface area (Å²) in [6, 6.07) is 8.14. The van der Waals surface area contributed by atoms with Crippen LogP contribution in [0, 0.1) is 6.92 Å². The lowest BCUT2D eigenvalue weighted by molar-refractivity contribution is 0.102. The molecule has 0 radical (unpaired) electrons. The van der Waals surface area contributed by atoms with Crippen LogP contribution in [0.25, 0.3) is 0 Å². The Kier molecular flexibility index (Phi) is 3.37. The van der Waals surface area contributed by atoms with Crippen molar-refractivity contribution in [2.24, 2.45) is 7.05 Å². The van der Waals surface area contributed by atoms with E-state index in [-0.39, 0.29) is 11.5 Å². The Balaban J connectivity index is 2.23. The van der Waals surface area contributed by atoms with Gasteiger partial charge in [-0.3, -0.25) is 9.59 Å². The predicted octanol–water partition coefficient (Wildman–Crippen LogP) is 1.53. The summed E-state index contributed by atoms with van der Waals surface area (Å²) in [5, 5.41) is 2.73. The third-order valence-electron chi connectivity index (χ3n) is 2.89. The number of aryl methyl sites for hydroxylation is 2. The third-order valence-corrected chi connectivity index (χ3v) is 2.89. The van der Waals surface area contributed by atoms with E-state index in [4.69, 9.17) is 5.73 Å². The maximum absolute atomic E-state index is 12.0. The number of pyridine rings is 1. The highest BCUT2D eigenvalue weighted by Gasteiger charge is 2.07. The molecule has 1 amide bonds. The zero-order valence-electron chi connectivity index (χ0n) is 10.8. The minimum absolute atomic E-state index is 0.221. The molecule has 0 spiro atoms. The summed E-state index contributed by atoms with van der Waals surface area (Å²) < 4.78 is 1.41. The van der Waals surface area contributed by atoms with Gasteiger partial charge in [0.25, 0.3) is 11.5 Å². The molecule has 0 unspecified atom stereocenters. The number of nitrogens with zero attached hydrogens (tertiary/aromatic N) is 1. The van der Waals surface area contributed by atoms with Crippen LogP contribution in [0.3, 0.4) is 0 Å². The topological polar surface area (TPSA) is 77.1 Å². The Morgan fingerprint density at radius 1 is 1.26 bits per heavy atom. The monoisotopic (exact) mass is 257 g/mol. The lowest BCUT2D eigenvalue weighted by Crippen LogP contribution is -2.20. The van der Waals surface area contributed by atoms with E-state index in [1.807, 2.05) is 6.92 Å². The lowest BCUT2D eigenvalue weighted by atomic mass is 10.1. The number of carbonyl (C=O) groups excluding carboxylic acids is 1. The number of benzene rings is 1. The van der Waals surface area contributed by atoms with E-state index in [0.29, 0.717) is 16.9 Å². The minimum Gasteiger partial charge on any atom is -0.399 e. The average molecular weight is 257 g/mol. The molecule has 0 saturated carbocycles. The summed E-state index contributed by atoms with van der Waals surface area (Å²) in [6.07, 6.45) is 1.56. The fourth-order valence-electron chi connectivity index (χ4n) is 1.65. The van der Waals surface area contributed by atoms with Gasteiger partial charge in [-0.25, -0.2) is 0 Å². The summed E-state index contributed by atoms with van der Waals surface area (Å²) in [5.74, 6) is -0.318. The van der Waals surface area contributed by atoms with E-state index in [1.165, 1.54) is 10.6 Å². The first-order valence-corrected chi connectivity index (χ1v) is 5.81.